The van der Waals surface area contributed by atoms with Gasteiger partial charge in [0.25, 0.3) is 0 Å². The fourth-order valence-corrected chi connectivity index (χ4v) is 2.26. The van der Waals surface area contributed by atoms with Crippen molar-refractivity contribution < 1.29 is 9.53 Å². The summed E-state index contributed by atoms with van der Waals surface area (Å²) in [5.74, 6) is 0.162. The second-order valence-electron chi connectivity index (χ2n) is 5.30. The molecule has 2 atom stereocenters. The van der Waals surface area contributed by atoms with Gasteiger partial charge in [0.2, 0.25) is 5.91 Å². The van der Waals surface area contributed by atoms with Crippen molar-refractivity contribution in [2.24, 2.45) is 0 Å². The van der Waals surface area contributed by atoms with Crippen molar-refractivity contribution in [2.75, 3.05) is 26.2 Å². The quantitative estimate of drug-likeness (QED) is 0.894. The standard InChI is InChI=1S/C16H24N2O2/c1-3-13(2)17-11-16(19)18-9-10-20-15(12-18)14-7-5-4-6-8-14/h4-8,13,15,17H,3,9-12H2,1-2H3. The van der Waals surface area contributed by atoms with Crippen LogP contribution in [-0.4, -0.2) is 43.1 Å². The van der Waals surface area contributed by atoms with E-state index in [9.17, 15) is 4.79 Å². The monoisotopic (exact) mass is 276 g/mol. The first kappa shape index (κ1) is 15.0. The molecule has 2 unspecified atom stereocenters. The Hall–Kier alpha value is -1.39. The molecule has 1 saturated heterocycles. The Balaban J connectivity index is 1.88. The Morgan fingerprint density at radius 2 is 2.20 bits per heavy atom. The van der Waals surface area contributed by atoms with Crippen LogP contribution >= 0.6 is 0 Å². The van der Waals surface area contributed by atoms with Crippen LogP contribution in [0.4, 0.5) is 0 Å². The summed E-state index contributed by atoms with van der Waals surface area (Å²) in [4.78, 5) is 14.1. The SMILES string of the molecule is CCC(C)NCC(=O)N1CCOC(c2ccccc2)C1. The van der Waals surface area contributed by atoms with Crippen molar-refractivity contribution in [3.8, 4) is 0 Å². The summed E-state index contributed by atoms with van der Waals surface area (Å²) in [5, 5.41) is 3.25. The predicted molar refractivity (Wildman–Crippen MR) is 79.5 cm³/mol. The third-order valence-corrected chi connectivity index (χ3v) is 3.80. The van der Waals surface area contributed by atoms with E-state index < -0.39 is 0 Å². The summed E-state index contributed by atoms with van der Waals surface area (Å²) in [6.45, 7) is 6.56. The van der Waals surface area contributed by atoms with E-state index in [0.29, 0.717) is 32.3 Å². The van der Waals surface area contributed by atoms with Gasteiger partial charge in [0, 0.05) is 12.6 Å². The highest BCUT2D eigenvalue weighted by atomic mass is 16.5. The molecule has 2 rings (SSSR count). The van der Waals surface area contributed by atoms with Crippen LogP contribution in [0.25, 0.3) is 0 Å². The van der Waals surface area contributed by atoms with Gasteiger partial charge < -0.3 is 15.0 Å². The lowest BCUT2D eigenvalue weighted by Gasteiger charge is -2.33. The van der Waals surface area contributed by atoms with Crippen LogP contribution in [-0.2, 0) is 9.53 Å². The van der Waals surface area contributed by atoms with Gasteiger partial charge in [0.1, 0.15) is 6.10 Å². The first-order valence-corrected chi connectivity index (χ1v) is 7.38. The van der Waals surface area contributed by atoms with E-state index in [2.05, 4.69) is 31.3 Å². The molecule has 0 bridgehead atoms. The molecule has 1 fully saturated rings. The van der Waals surface area contributed by atoms with Crippen LogP contribution in [0, 0.1) is 0 Å². The van der Waals surface area contributed by atoms with Crippen LogP contribution in [0.3, 0.4) is 0 Å². The summed E-state index contributed by atoms with van der Waals surface area (Å²) in [6, 6.07) is 10.5. The van der Waals surface area contributed by atoms with Gasteiger partial charge in [0.15, 0.2) is 0 Å². The largest absolute Gasteiger partial charge is 0.370 e. The van der Waals surface area contributed by atoms with E-state index in [1.54, 1.807) is 0 Å². The first-order chi connectivity index (χ1) is 9.70. The van der Waals surface area contributed by atoms with Crippen molar-refractivity contribution in [1.82, 2.24) is 10.2 Å². The lowest BCUT2D eigenvalue weighted by atomic mass is 10.1. The Kier molecular flexibility index (Phi) is 5.56. The van der Waals surface area contributed by atoms with Gasteiger partial charge in [0.05, 0.1) is 19.7 Å². The number of nitrogens with zero attached hydrogens (tertiary/aromatic N) is 1. The molecule has 0 radical (unpaired) electrons. The minimum absolute atomic E-state index is 0.00232. The molecule has 20 heavy (non-hydrogen) atoms. The normalized spacial score (nSPS) is 20.7. The zero-order valence-corrected chi connectivity index (χ0v) is 12.3. The van der Waals surface area contributed by atoms with E-state index in [4.69, 9.17) is 4.74 Å². The highest BCUT2D eigenvalue weighted by Gasteiger charge is 2.25. The molecule has 1 N–H and O–H groups in total. The molecule has 4 nitrogen and oxygen atoms in total. The van der Waals surface area contributed by atoms with Gasteiger partial charge in [-0.2, -0.15) is 0 Å². The van der Waals surface area contributed by atoms with Crippen LogP contribution in [0.15, 0.2) is 30.3 Å². The molecule has 0 aromatic heterocycles. The zero-order valence-electron chi connectivity index (χ0n) is 12.3. The molecule has 1 aromatic rings. The topological polar surface area (TPSA) is 41.6 Å². The summed E-state index contributed by atoms with van der Waals surface area (Å²) >= 11 is 0. The molecule has 0 spiro atoms. The molecular formula is C16H24N2O2. The number of rotatable bonds is 5. The number of carbonyl (C=O) groups excluding carboxylic acids is 1. The van der Waals surface area contributed by atoms with Crippen molar-refractivity contribution in [3.63, 3.8) is 0 Å². The maximum absolute atomic E-state index is 12.2. The third kappa shape index (κ3) is 4.05. The van der Waals surface area contributed by atoms with Crippen LogP contribution in [0.1, 0.15) is 31.9 Å². The maximum atomic E-state index is 12.2. The maximum Gasteiger partial charge on any atom is 0.236 e. The van der Waals surface area contributed by atoms with Crippen LogP contribution < -0.4 is 5.32 Å². The van der Waals surface area contributed by atoms with E-state index in [1.807, 2.05) is 23.1 Å². The number of nitrogens with one attached hydrogen (secondary N) is 1. The summed E-state index contributed by atoms with van der Waals surface area (Å²) in [5.41, 5.74) is 1.14. The molecule has 0 saturated carbocycles. The first-order valence-electron chi connectivity index (χ1n) is 7.38. The molecule has 1 amide bonds. The van der Waals surface area contributed by atoms with Gasteiger partial charge in [-0.05, 0) is 18.9 Å². The second-order valence-corrected chi connectivity index (χ2v) is 5.30. The zero-order chi connectivity index (χ0) is 14.4. The minimum atomic E-state index is -0.00232. The summed E-state index contributed by atoms with van der Waals surface area (Å²) < 4.78 is 5.78. The molecule has 1 aromatic carbocycles. The molecule has 1 aliphatic heterocycles. The molecular weight excluding hydrogens is 252 g/mol. The van der Waals surface area contributed by atoms with Crippen LogP contribution in [0.5, 0.6) is 0 Å². The van der Waals surface area contributed by atoms with Crippen molar-refractivity contribution in [3.05, 3.63) is 35.9 Å². The fourth-order valence-electron chi connectivity index (χ4n) is 2.26. The van der Waals surface area contributed by atoms with Gasteiger partial charge in [-0.25, -0.2) is 0 Å². The Morgan fingerprint density at radius 1 is 1.45 bits per heavy atom. The Labute approximate surface area is 121 Å². The lowest BCUT2D eigenvalue weighted by molar-refractivity contribution is -0.138. The average molecular weight is 276 g/mol. The Morgan fingerprint density at radius 3 is 2.90 bits per heavy atom. The number of benzene rings is 1. The summed E-state index contributed by atoms with van der Waals surface area (Å²) in [6.07, 6.45) is 1.03. The van der Waals surface area contributed by atoms with Gasteiger partial charge in [-0.15, -0.1) is 0 Å². The highest BCUT2D eigenvalue weighted by Crippen LogP contribution is 2.21. The predicted octanol–water partition coefficient (Wildman–Crippen LogP) is 1.97. The van der Waals surface area contributed by atoms with Crippen molar-refractivity contribution in [2.45, 2.75) is 32.4 Å². The van der Waals surface area contributed by atoms with E-state index in [-0.39, 0.29) is 12.0 Å². The number of hydrogen-bond acceptors (Lipinski definition) is 3. The lowest BCUT2D eigenvalue weighted by Crippen LogP contribution is -2.46. The smallest absolute Gasteiger partial charge is 0.236 e. The number of hydrogen-bond donors (Lipinski definition) is 1. The highest BCUT2D eigenvalue weighted by molar-refractivity contribution is 5.78. The Bertz CT molecular complexity index is 422. The number of ether oxygens (including phenoxy) is 1. The van der Waals surface area contributed by atoms with Crippen LogP contribution in [0.2, 0.25) is 0 Å². The molecule has 1 aliphatic rings. The fraction of sp³-hybridized carbons (Fsp3) is 0.562. The third-order valence-electron chi connectivity index (χ3n) is 3.80. The van der Waals surface area contributed by atoms with Gasteiger partial charge >= 0.3 is 0 Å². The average Bonchev–Trinajstić information content (AvgIpc) is 2.53. The van der Waals surface area contributed by atoms with Crippen molar-refractivity contribution in [1.29, 1.82) is 0 Å². The van der Waals surface area contributed by atoms with E-state index in [0.717, 1.165) is 12.0 Å². The van der Waals surface area contributed by atoms with E-state index >= 15 is 0 Å². The van der Waals surface area contributed by atoms with Gasteiger partial charge in [-0.3, -0.25) is 4.79 Å². The molecule has 0 aliphatic carbocycles. The summed E-state index contributed by atoms with van der Waals surface area (Å²) in [7, 11) is 0. The van der Waals surface area contributed by atoms with Gasteiger partial charge in [-0.1, -0.05) is 37.3 Å². The minimum Gasteiger partial charge on any atom is -0.370 e. The number of morpholine rings is 1. The molecule has 4 heteroatoms. The van der Waals surface area contributed by atoms with E-state index in [1.165, 1.54) is 0 Å². The number of carbonyl (C=O) groups is 1. The molecule has 1 heterocycles. The van der Waals surface area contributed by atoms with Crippen molar-refractivity contribution >= 4 is 5.91 Å². The number of amides is 1. The molecule has 110 valence electrons. The second kappa shape index (κ2) is 7.41.